The molecule has 0 atom stereocenters. The molecule has 0 spiro atoms. The molecule has 2 rings (SSSR count). The maximum atomic E-state index is 5.50. The standard InChI is InChI=1S/C17H23NO2Si/c1-19-21(20-2)17-13-7-6-9-15(17)10-8-14-18-16-11-4-3-5-12-16/h3-7,9,11-13,18,21H,8,10,14H2,1-2H3. The van der Waals surface area contributed by atoms with E-state index >= 15 is 0 Å². The second-order valence-corrected chi connectivity index (χ2v) is 7.13. The summed E-state index contributed by atoms with van der Waals surface area (Å²) in [4.78, 5) is 0. The Morgan fingerprint density at radius 3 is 2.29 bits per heavy atom. The molecule has 4 heteroatoms. The number of anilines is 1. The van der Waals surface area contributed by atoms with Gasteiger partial charge >= 0.3 is 9.28 Å². The maximum Gasteiger partial charge on any atom is 0.355 e. The van der Waals surface area contributed by atoms with Gasteiger partial charge in [-0.1, -0.05) is 42.5 Å². The number of nitrogens with one attached hydrogen (secondary N) is 1. The topological polar surface area (TPSA) is 30.5 Å². The first-order valence-electron chi connectivity index (χ1n) is 7.27. The van der Waals surface area contributed by atoms with E-state index in [0.717, 1.165) is 19.4 Å². The van der Waals surface area contributed by atoms with Crippen LogP contribution in [0, 0.1) is 0 Å². The van der Waals surface area contributed by atoms with Gasteiger partial charge in [0, 0.05) is 26.5 Å². The Bertz CT molecular complexity index is 529. The van der Waals surface area contributed by atoms with Crippen LogP contribution >= 0.6 is 0 Å². The Labute approximate surface area is 128 Å². The first-order chi connectivity index (χ1) is 10.3. The van der Waals surface area contributed by atoms with Gasteiger partial charge in [-0.15, -0.1) is 0 Å². The number of hydrogen-bond acceptors (Lipinski definition) is 3. The zero-order valence-corrected chi connectivity index (χ0v) is 13.9. The second-order valence-electron chi connectivity index (χ2n) is 4.90. The van der Waals surface area contributed by atoms with Gasteiger partial charge in [-0.05, 0) is 35.7 Å². The highest BCUT2D eigenvalue weighted by atomic mass is 28.3. The van der Waals surface area contributed by atoms with E-state index in [9.17, 15) is 0 Å². The summed E-state index contributed by atoms with van der Waals surface area (Å²) in [7, 11) is 1.74. The largest absolute Gasteiger partial charge is 0.397 e. The molecule has 0 unspecified atom stereocenters. The van der Waals surface area contributed by atoms with Crippen molar-refractivity contribution in [3.05, 3.63) is 60.2 Å². The Balaban J connectivity index is 1.88. The smallest absolute Gasteiger partial charge is 0.355 e. The van der Waals surface area contributed by atoms with Crippen molar-refractivity contribution in [2.75, 3.05) is 26.1 Å². The Morgan fingerprint density at radius 2 is 1.57 bits per heavy atom. The molecule has 2 aromatic rings. The Kier molecular flexibility index (Phi) is 6.47. The summed E-state index contributed by atoms with van der Waals surface area (Å²) >= 11 is 0. The minimum absolute atomic E-state index is 0.963. The zero-order chi connectivity index (χ0) is 14.9. The van der Waals surface area contributed by atoms with Crippen LogP contribution in [0.1, 0.15) is 12.0 Å². The van der Waals surface area contributed by atoms with Crippen LogP contribution in [0.25, 0.3) is 0 Å². The highest BCUT2D eigenvalue weighted by molar-refractivity contribution is 6.61. The fourth-order valence-electron chi connectivity index (χ4n) is 2.41. The lowest BCUT2D eigenvalue weighted by Gasteiger charge is -2.15. The zero-order valence-electron chi connectivity index (χ0n) is 12.7. The van der Waals surface area contributed by atoms with Gasteiger partial charge in [-0.2, -0.15) is 0 Å². The van der Waals surface area contributed by atoms with Crippen LogP contribution in [0.15, 0.2) is 54.6 Å². The van der Waals surface area contributed by atoms with E-state index in [1.54, 1.807) is 14.2 Å². The minimum atomic E-state index is -1.72. The number of aryl methyl sites for hydroxylation is 1. The molecule has 1 N–H and O–H groups in total. The fourth-order valence-corrected chi connectivity index (χ4v) is 3.92. The Hall–Kier alpha value is -1.62. The SMILES string of the molecule is CO[SiH](OC)c1ccccc1CCCNc1ccccc1. The van der Waals surface area contributed by atoms with Crippen molar-refractivity contribution in [3.8, 4) is 0 Å². The summed E-state index contributed by atoms with van der Waals surface area (Å²) in [6.45, 7) is 0.963. The molecule has 21 heavy (non-hydrogen) atoms. The van der Waals surface area contributed by atoms with Crippen LogP contribution in [-0.2, 0) is 15.3 Å². The molecule has 3 nitrogen and oxygen atoms in total. The predicted molar refractivity (Wildman–Crippen MR) is 90.5 cm³/mol. The quantitative estimate of drug-likeness (QED) is 0.600. The molecule has 0 amide bonds. The second kappa shape index (κ2) is 8.62. The van der Waals surface area contributed by atoms with Crippen molar-refractivity contribution in [2.45, 2.75) is 12.8 Å². The van der Waals surface area contributed by atoms with Crippen molar-refractivity contribution in [3.63, 3.8) is 0 Å². The molecule has 0 aliphatic carbocycles. The van der Waals surface area contributed by atoms with E-state index in [0.29, 0.717) is 0 Å². The summed E-state index contributed by atoms with van der Waals surface area (Å²) in [6.07, 6.45) is 2.12. The van der Waals surface area contributed by atoms with E-state index in [1.807, 2.05) is 18.2 Å². The van der Waals surface area contributed by atoms with Crippen molar-refractivity contribution in [1.82, 2.24) is 0 Å². The molecular weight excluding hydrogens is 278 g/mol. The molecule has 0 bridgehead atoms. The van der Waals surface area contributed by atoms with Crippen molar-refractivity contribution >= 4 is 20.2 Å². The van der Waals surface area contributed by atoms with Gasteiger partial charge in [0.2, 0.25) is 0 Å². The third-order valence-electron chi connectivity index (χ3n) is 3.46. The first-order valence-corrected chi connectivity index (χ1v) is 8.79. The predicted octanol–water partition coefficient (Wildman–Crippen LogP) is 2.45. The lowest BCUT2D eigenvalue weighted by Crippen LogP contribution is -2.37. The lowest BCUT2D eigenvalue weighted by atomic mass is 10.1. The number of benzene rings is 2. The summed E-state index contributed by atoms with van der Waals surface area (Å²) < 4.78 is 11.0. The van der Waals surface area contributed by atoms with Gasteiger partial charge in [0.15, 0.2) is 0 Å². The summed E-state index contributed by atoms with van der Waals surface area (Å²) in [5, 5.41) is 4.69. The number of para-hydroxylation sites is 1. The van der Waals surface area contributed by atoms with Gasteiger partial charge in [0.1, 0.15) is 0 Å². The third-order valence-corrected chi connectivity index (χ3v) is 5.39. The molecule has 0 heterocycles. The maximum absolute atomic E-state index is 5.50. The summed E-state index contributed by atoms with van der Waals surface area (Å²) in [5.74, 6) is 0. The molecule has 0 saturated heterocycles. The number of hydrogen-bond donors (Lipinski definition) is 1. The van der Waals surface area contributed by atoms with Crippen molar-refractivity contribution in [1.29, 1.82) is 0 Å². The summed E-state index contributed by atoms with van der Waals surface area (Å²) in [5.41, 5.74) is 2.51. The molecule has 0 saturated carbocycles. The highest BCUT2D eigenvalue weighted by Gasteiger charge is 2.16. The molecule has 0 aromatic heterocycles. The van der Waals surface area contributed by atoms with Gasteiger partial charge in [-0.25, -0.2) is 0 Å². The van der Waals surface area contributed by atoms with E-state index in [2.05, 4.69) is 41.7 Å². The Morgan fingerprint density at radius 1 is 0.905 bits per heavy atom. The van der Waals surface area contributed by atoms with E-state index in [-0.39, 0.29) is 0 Å². The van der Waals surface area contributed by atoms with Crippen LogP contribution in [0.3, 0.4) is 0 Å². The van der Waals surface area contributed by atoms with Crippen LogP contribution in [0.4, 0.5) is 5.69 Å². The van der Waals surface area contributed by atoms with Crippen LogP contribution in [0.2, 0.25) is 0 Å². The first kappa shape index (κ1) is 15.8. The van der Waals surface area contributed by atoms with Crippen LogP contribution in [-0.4, -0.2) is 30.0 Å². The van der Waals surface area contributed by atoms with Crippen LogP contribution in [0.5, 0.6) is 0 Å². The molecular formula is C17H23NO2Si. The van der Waals surface area contributed by atoms with Gasteiger partial charge < -0.3 is 14.2 Å². The van der Waals surface area contributed by atoms with Crippen molar-refractivity contribution < 1.29 is 8.85 Å². The molecule has 112 valence electrons. The third kappa shape index (κ3) is 4.70. The van der Waals surface area contributed by atoms with E-state index < -0.39 is 9.28 Å². The van der Waals surface area contributed by atoms with Gasteiger partial charge in [0.25, 0.3) is 0 Å². The molecule has 0 aliphatic heterocycles. The normalized spacial score (nSPS) is 10.8. The average molecular weight is 301 g/mol. The van der Waals surface area contributed by atoms with Crippen molar-refractivity contribution in [2.24, 2.45) is 0 Å². The lowest BCUT2D eigenvalue weighted by molar-refractivity contribution is 0.291. The molecule has 0 fully saturated rings. The minimum Gasteiger partial charge on any atom is -0.397 e. The van der Waals surface area contributed by atoms with E-state index in [4.69, 9.17) is 8.85 Å². The average Bonchev–Trinajstić information content (AvgIpc) is 2.55. The summed E-state index contributed by atoms with van der Waals surface area (Å²) in [6, 6.07) is 18.7. The molecule has 0 aliphatic rings. The monoisotopic (exact) mass is 301 g/mol. The molecule has 0 radical (unpaired) electrons. The number of rotatable bonds is 8. The van der Waals surface area contributed by atoms with Gasteiger partial charge in [0.05, 0.1) is 0 Å². The fraction of sp³-hybridized carbons (Fsp3) is 0.294. The van der Waals surface area contributed by atoms with Crippen LogP contribution < -0.4 is 10.5 Å². The molecule has 2 aromatic carbocycles. The highest BCUT2D eigenvalue weighted by Crippen LogP contribution is 2.07. The van der Waals surface area contributed by atoms with E-state index in [1.165, 1.54) is 16.4 Å². The van der Waals surface area contributed by atoms with Gasteiger partial charge in [-0.3, -0.25) is 0 Å².